The van der Waals surface area contributed by atoms with Gasteiger partial charge in [0.25, 0.3) is 11.8 Å². The zero-order valence-corrected chi connectivity index (χ0v) is 15.2. The largest absolute Gasteiger partial charge is 0.467 e. The highest BCUT2D eigenvalue weighted by Gasteiger charge is 2.14. The van der Waals surface area contributed by atoms with Gasteiger partial charge in [0.2, 0.25) is 0 Å². The normalized spacial score (nSPS) is 11.4. The van der Waals surface area contributed by atoms with Gasteiger partial charge >= 0.3 is 0 Å². The molecule has 0 aliphatic carbocycles. The standard InChI is InChI=1S/C23H20N2O3/c26-22(19-12-5-2-6-13-19)25-21(15-7-11-18-9-3-1-4-10-18)23(27)24-17-20-14-8-16-28-20/h1-16H,17H2,(H,24,27)(H,25,26)/b11-7+,21-15-. The Morgan fingerprint density at radius 1 is 0.893 bits per heavy atom. The molecule has 0 saturated heterocycles. The molecule has 3 aromatic rings. The van der Waals surface area contributed by atoms with Gasteiger partial charge in [-0.3, -0.25) is 9.59 Å². The summed E-state index contributed by atoms with van der Waals surface area (Å²) in [5.41, 5.74) is 1.61. The second kappa shape index (κ2) is 9.73. The van der Waals surface area contributed by atoms with Crippen molar-refractivity contribution < 1.29 is 14.0 Å². The van der Waals surface area contributed by atoms with Crippen molar-refractivity contribution in [2.75, 3.05) is 0 Å². The van der Waals surface area contributed by atoms with E-state index in [9.17, 15) is 9.59 Å². The predicted molar refractivity (Wildman–Crippen MR) is 108 cm³/mol. The predicted octanol–water partition coefficient (Wildman–Crippen LogP) is 3.92. The fourth-order valence-electron chi connectivity index (χ4n) is 2.45. The number of rotatable bonds is 7. The fourth-order valence-corrected chi connectivity index (χ4v) is 2.45. The van der Waals surface area contributed by atoms with Crippen LogP contribution in [0.5, 0.6) is 0 Å². The fraction of sp³-hybridized carbons (Fsp3) is 0.0435. The quantitative estimate of drug-likeness (QED) is 0.488. The molecule has 0 aliphatic rings. The Morgan fingerprint density at radius 3 is 2.29 bits per heavy atom. The van der Waals surface area contributed by atoms with Crippen molar-refractivity contribution in [2.45, 2.75) is 6.54 Å². The maximum Gasteiger partial charge on any atom is 0.268 e. The molecular weight excluding hydrogens is 352 g/mol. The van der Waals surface area contributed by atoms with Crippen LogP contribution in [0, 0.1) is 0 Å². The zero-order valence-electron chi connectivity index (χ0n) is 15.2. The number of amides is 2. The second-order valence-corrected chi connectivity index (χ2v) is 5.93. The summed E-state index contributed by atoms with van der Waals surface area (Å²) in [5.74, 6) is -0.131. The first-order valence-corrected chi connectivity index (χ1v) is 8.83. The number of nitrogens with one attached hydrogen (secondary N) is 2. The first-order chi connectivity index (χ1) is 13.7. The number of carbonyl (C=O) groups excluding carboxylic acids is 2. The van der Waals surface area contributed by atoms with Gasteiger partial charge in [-0.1, -0.05) is 60.7 Å². The van der Waals surface area contributed by atoms with Crippen molar-refractivity contribution in [2.24, 2.45) is 0 Å². The van der Waals surface area contributed by atoms with Crippen molar-refractivity contribution >= 4 is 17.9 Å². The van der Waals surface area contributed by atoms with E-state index in [4.69, 9.17) is 4.42 Å². The van der Waals surface area contributed by atoms with Crippen LogP contribution >= 0.6 is 0 Å². The van der Waals surface area contributed by atoms with E-state index in [1.807, 2.05) is 42.5 Å². The lowest BCUT2D eigenvalue weighted by molar-refractivity contribution is -0.118. The van der Waals surface area contributed by atoms with E-state index >= 15 is 0 Å². The topological polar surface area (TPSA) is 71.3 Å². The smallest absolute Gasteiger partial charge is 0.268 e. The molecule has 0 unspecified atom stereocenters. The molecule has 0 aliphatic heterocycles. The van der Waals surface area contributed by atoms with Crippen LogP contribution in [0.3, 0.4) is 0 Å². The summed E-state index contributed by atoms with van der Waals surface area (Å²) in [7, 11) is 0. The summed E-state index contributed by atoms with van der Waals surface area (Å²) in [6, 6.07) is 21.9. The summed E-state index contributed by atoms with van der Waals surface area (Å²) in [4.78, 5) is 25.0. The molecule has 2 amide bonds. The van der Waals surface area contributed by atoms with E-state index in [1.54, 1.807) is 48.6 Å². The molecule has 0 atom stereocenters. The van der Waals surface area contributed by atoms with E-state index in [0.717, 1.165) is 5.56 Å². The minimum atomic E-state index is -0.404. The lowest BCUT2D eigenvalue weighted by Gasteiger charge is -2.10. The molecule has 5 nitrogen and oxygen atoms in total. The van der Waals surface area contributed by atoms with E-state index in [1.165, 1.54) is 6.26 Å². The zero-order chi connectivity index (χ0) is 19.6. The number of carbonyl (C=O) groups is 2. The molecule has 0 saturated carbocycles. The third-order valence-corrected chi connectivity index (χ3v) is 3.88. The Balaban J connectivity index is 1.74. The average molecular weight is 372 g/mol. The van der Waals surface area contributed by atoms with Gasteiger partial charge in [-0.15, -0.1) is 0 Å². The lowest BCUT2D eigenvalue weighted by atomic mass is 10.2. The van der Waals surface area contributed by atoms with Gasteiger partial charge in [-0.05, 0) is 35.9 Å². The highest BCUT2D eigenvalue weighted by Crippen LogP contribution is 2.05. The number of allylic oxidation sites excluding steroid dienone is 2. The van der Waals surface area contributed by atoms with Crippen molar-refractivity contribution in [1.29, 1.82) is 0 Å². The van der Waals surface area contributed by atoms with Crippen LogP contribution in [0.15, 0.2) is 101 Å². The second-order valence-electron chi connectivity index (χ2n) is 5.93. The summed E-state index contributed by atoms with van der Waals surface area (Å²) in [6.07, 6.45) is 6.69. The highest BCUT2D eigenvalue weighted by molar-refractivity contribution is 6.02. The van der Waals surface area contributed by atoms with Crippen LogP contribution in [0.25, 0.3) is 6.08 Å². The highest BCUT2D eigenvalue weighted by atomic mass is 16.3. The Hall–Kier alpha value is -3.86. The van der Waals surface area contributed by atoms with Crippen LogP contribution in [-0.2, 0) is 11.3 Å². The number of hydrogen-bond donors (Lipinski definition) is 2. The molecule has 5 heteroatoms. The molecule has 28 heavy (non-hydrogen) atoms. The molecule has 0 spiro atoms. The molecule has 0 radical (unpaired) electrons. The van der Waals surface area contributed by atoms with E-state index in [-0.39, 0.29) is 18.1 Å². The van der Waals surface area contributed by atoms with Gasteiger partial charge in [0.15, 0.2) is 0 Å². The Morgan fingerprint density at radius 2 is 1.61 bits per heavy atom. The molecule has 2 aromatic carbocycles. The van der Waals surface area contributed by atoms with E-state index in [2.05, 4.69) is 10.6 Å². The SMILES string of the molecule is O=C(NCc1ccco1)/C(=C/C=C/c1ccccc1)NC(=O)c1ccccc1. The maximum atomic E-state index is 12.6. The maximum absolute atomic E-state index is 12.6. The monoisotopic (exact) mass is 372 g/mol. The van der Waals surface area contributed by atoms with E-state index < -0.39 is 5.91 Å². The molecule has 0 bridgehead atoms. The summed E-state index contributed by atoms with van der Waals surface area (Å²) < 4.78 is 5.22. The van der Waals surface area contributed by atoms with Crippen LogP contribution in [0.1, 0.15) is 21.7 Å². The number of furan rings is 1. The summed E-state index contributed by atoms with van der Waals surface area (Å²) >= 11 is 0. The molecular formula is C23H20N2O3. The van der Waals surface area contributed by atoms with Crippen molar-refractivity contribution in [3.63, 3.8) is 0 Å². The van der Waals surface area contributed by atoms with Gasteiger partial charge in [-0.25, -0.2) is 0 Å². The minimum absolute atomic E-state index is 0.146. The van der Waals surface area contributed by atoms with Crippen LogP contribution in [-0.4, -0.2) is 11.8 Å². The van der Waals surface area contributed by atoms with E-state index in [0.29, 0.717) is 11.3 Å². The minimum Gasteiger partial charge on any atom is -0.467 e. The van der Waals surface area contributed by atoms with Gasteiger partial charge in [0.1, 0.15) is 11.5 Å². The summed E-state index contributed by atoms with van der Waals surface area (Å²) in [5, 5.41) is 5.42. The number of hydrogen-bond acceptors (Lipinski definition) is 3. The van der Waals surface area contributed by atoms with Gasteiger partial charge in [-0.2, -0.15) is 0 Å². The lowest BCUT2D eigenvalue weighted by Crippen LogP contribution is -2.34. The third kappa shape index (κ3) is 5.57. The summed E-state index contributed by atoms with van der Waals surface area (Å²) in [6.45, 7) is 0.229. The Bertz CT molecular complexity index is 960. The first kappa shape index (κ1) is 18.9. The molecule has 1 aromatic heterocycles. The molecule has 140 valence electrons. The molecule has 3 rings (SSSR count). The Labute approximate surface area is 163 Å². The van der Waals surface area contributed by atoms with Gasteiger partial charge in [0.05, 0.1) is 12.8 Å². The molecule has 2 N–H and O–H groups in total. The van der Waals surface area contributed by atoms with Crippen LogP contribution < -0.4 is 10.6 Å². The van der Waals surface area contributed by atoms with Crippen LogP contribution in [0.2, 0.25) is 0 Å². The molecule has 0 fully saturated rings. The van der Waals surface area contributed by atoms with Crippen molar-refractivity contribution in [3.8, 4) is 0 Å². The van der Waals surface area contributed by atoms with Crippen LogP contribution in [0.4, 0.5) is 0 Å². The average Bonchev–Trinajstić information content (AvgIpc) is 3.26. The number of benzene rings is 2. The first-order valence-electron chi connectivity index (χ1n) is 8.83. The van der Waals surface area contributed by atoms with Gasteiger partial charge in [0, 0.05) is 5.56 Å². The van der Waals surface area contributed by atoms with Crippen molar-refractivity contribution in [3.05, 3.63) is 114 Å². The van der Waals surface area contributed by atoms with Gasteiger partial charge < -0.3 is 15.1 Å². The third-order valence-electron chi connectivity index (χ3n) is 3.88. The molecule has 1 heterocycles. The van der Waals surface area contributed by atoms with Crippen molar-refractivity contribution in [1.82, 2.24) is 10.6 Å². The Kier molecular flexibility index (Phi) is 6.57.